The number of hydrogen-bond acceptors (Lipinski definition) is 6. The van der Waals surface area contributed by atoms with E-state index in [2.05, 4.69) is 25.9 Å². The Bertz CT molecular complexity index is 1290. The van der Waals surface area contributed by atoms with Gasteiger partial charge in [-0.1, -0.05) is 23.8 Å². The van der Waals surface area contributed by atoms with Gasteiger partial charge in [-0.25, -0.2) is 9.37 Å². The van der Waals surface area contributed by atoms with Crippen molar-refractivity contribution in [3.05, 3.63) is 102 Å². The maximum atomic E-state index is 13.1. The molecule has 1 heterocycles. The van der Waals surface area contributed by atoms with E-state index in [-0.39, 0.29) is 11.7 Å². The van der Waals surface area contributed by atoms with Crippen molar-refractivity contribution in [2.45, 2.75) is 13.8 Å². The third kappa shape index (κ3) is 7.01. The van der Waals surface area contributed by atoms with Crippen molar-refractivity contribution in [2.24, 2.45) is 0 Å². The van der Waals surface area contributed by atoms with Crippen LogP contribution in [0.3, 0.4) is 0 Å². The normalized spacial score (nSPS) is 10.5. The maximum absolute atomic E-state index is 13.1. The first-order valence-corrected chi connectivity index (χ1v) is 11.2. The number of benzene rings is 3. The van der Waals surface area contributed by atoms with Crippen molar-refractivity contribution >= 4 is 23.4 Å². The minimum Gasteiger partial charge on any atom is -0.457 e. The lowest BCUT2D eigenvalue weighted by molar-refractivity contribution is 0.0955. The summed E-state index contributed by atoms with van der Waals surface area (Å²) in [5.74, 6) is 1.57. The van der Waals surface area contributed by atoms with Crippen molar-refractivity contribution in [2.75, 3.05) is 23.7 Å². The maximum Gasteiger partial charge on any atom is 0.251 e. The standard InChI is InChI=1S/C27H26FN5O2/c1-18-6-10-22(11-7-18)32-25-16-19(2)31-27(33-25)30-15-14-29-26(34)20-4-3-5-24(17-20)35-23-12-8-21(28)9-13-23/h3-13,16-17H,14-15H2,1-2H3,(H,29,34)(H2,30,31,32,33). The summed E-state index contributed by atoms with van der Waals surface area (Å²) < 4.78 is 18.8. The van der Waals surface area contributed by atoms with Crippen molar-refractivity contribution < 1.29 is 13.9 Å². The van der Waals surface area contributed by atoms with Gasteiger partial charge < -0.3 is 20.7 Å². The van der Waals surface area contributed by atoms with Crippen LogP contribution in [0.5, 0.6) is 11.5 Å². The molecule has 0 saturated carbocycles. The molecule has 0 bridgehead atoms. The molecule has 8 heteroatoms. The Morgan fingerprint density at radius 2 is 1.66 bits per heavy atom. The van der Waals surface area contributed by atoms with Gasteiger partial charge in [0.25, 0.3) is 5.91 Å². The number of hydrogen-bond donors (Lipinski definition) is 3. The van der Waals surface area contributed by atoms with E-state index >= 15 is 0 Å². The Morgan fingerprint density at radius 3 is 2.43 bits per heavy atom. The number of carbonyl (C=O) groups is 1. The molecule has 3 aromatic carbocycles. The van der Waals surface area contributed by atoms with E-state index in [1.54, 1.807) is 24.3 Å². The van der Waals surface area contributed by atoms with Gasteiger partial charge in [0.1, 0.15) is 23.1 Å². The Morgan fingerprint density at radius 1 is 0.886 bits per heavy atom. The molecule has 178 valence electrons. The molecule has 0 aliphatic carbocycles. The van der Waals surface area contributed by atoms with Crippen LogP contribution in [0.1, 0.15) is 21.6 Å². The molecule has 0 saturated heterocycles. The highest BCUT2D eigenvalue weighted by atomic mass is 19.1. The number of anilines is 3. The summed E-state index contributed by atoms with van der Waals surface area (Å²) >= 11 is 0. The number of ether oxygens (including phenoxy) is 1. The third-order valence-corrected chi connectivity index (χ3v) is 5.02. The highest BCUT2D eigenvalue weighted by molar-refractivity contribution is 5.94. The van der Waals surface area contributed by atoms with E-state index in [0.29, 0.717) is 41.9 Å². The van der Waals surface area contributed by atoms with Crippen LogP contribution in [-0.4, -0.2) is 29.0 Å². The Kier molecular flexibility index (Phi) is 7.52. The number of nitrogens with zero attached hydrogens (tertiary/aromatic N) is 2. The highest BCUT2D eigenvalue weighted by Gasteiger charge is 2.08. The Labute approximate surface area is 203 Å². The van der Waals surface area contributed by atoms with Gasteiger partial charge >= 0.3 is 0 Å². The molecule has 4 aromatic rings. The number of halogens is 1. The van der Waals surface area contributed by atoms with Gasteiger partial charge in [0.15, 0.2) is 0 Å². The smallest absolute Gasteiger partial charge is 0.251 e. The van der Waals surface area contributed by atoms with E-state index in [1.165, 1.54) is 29.8 Å². The Balaban J connectivity index is 1.28. The number of rotatable bonds is 9. The average Bonchev–Trinajstić information content (AvgIpc) is 2.84. The molecule has 0 aliphatic rings. The SMILES string of the molecule is Cc1ccc(Nc2cc(C)nc(NCCNC(=O)c3cccc(Oc4ccc(F)cc4)c3)n2)cc1. The van der Waals surface area contributed by atoms with Crippen molar-refractivity contribution in [1.82, 2.24) is 15.3 Å². The largest absolute Gasteiger partial charge is 0.457 e. The van der Waals surface area contributed by atoms with Crippen molar-refractivity contribution in [1.29, 1.82) is 0 Å². The quantitative estimate of drug-likeness (QED) is 0.275. The molecule has 0 spiro atoms. The van der Waals surface area contributed by atoms with Gasteiger partial charge in [0, 0.05) is 36.1 Å². The highest BCUT2D eigenvalue weighted by Crippen LogP contribution is 2.22. The lowest BCUT2D eigenvalue weighted by Gasteiger charge is -2.11. The predicted molar refractivity (Wildman–Crippen MR) is 135 cm³/mol. The van der Waals surface area contributed by atoms with Crippen molar-refractivity contribution in [3.8, 4) is 11.5 Å². The number of aromatic nitrogens is 2. The summed E-state index contributed by atoms with van der Waals surface area (Å²) in [6.07, 6.45) is 0. The molecule has 0 radical (unpaired) electrons. The number of amides is 1. The van der Waals surface area contributed by atoms with Gasteiger partial charge in [-0.15, -0.1) is 0 Å². The molecular formula is C27H26FN5O2. The second-order valence-electron chi connectivity index (χ2n) is 7.98. The molecule has 0 atom stereocenters. The summed E-state index contributed by atoms with van der Waals surface area (Å²) in [5.41, 5.74) is 3.41. The molecule has 3 N–H and O–H groups in total. The van der Waals surface area contributed by atoms with Gasteiger partial charge in [-0.05, 0) is 68.4 Å². The van der Waals surface area contributed by atoms with Gasteiger partial charge in [-0.2, -0.15) is 4.98 Å². The molecule has 1 amide bonds. The van der Waals surface area contributed by atoms with Crippen molar-refractivity contribution in [3.63, 3.8) is 0 Å². The van der Waals surface area contributed by atoms with Crippen LogP contribution in [0, 0.1) is 19.7 Å². The number of aryl methyl sites for hydroxylation is 2. The van der Waals surface area contributed by atoms with Gasteiger partial charge in [0.05, 0.1) is 0 Å². The summed E-state index contributed by atoms with van der Waals surface area (Å²) in [4.78, 5) is 21.5. The van der Waals surface area contributed by atoms with Crippen LogP contribution < -0.4 is 20.7 Å². The first-order valence-electron chi connectivity index (χ1n) is 11.2. The molecule has 0 fully saturated rings. The summed E-state index contributed by atoms with van der Waals surface area (Å²) in [6, 6.07) is 22.4. The topological polar surface area (TPSA) is 88.2 Å². The van der Waals surface area contributed by atoms with Gasteiger partial charge in [0.2, 0.25) is 5.95 Å². The Hall–Kier alpha value is -4.46. The first-order chi connectivity index (χ1) is 16.9. The predicted octanol–water partition coefficient (Wildman–Crippen LogP) is 5.61. The molecule has 0 aliphatic heterocycles. The minimum atomic E-state index is -0.339. The molecule has 7 nitrogen and oxygen atoms in total. The molecule has 4 rings (SSSR count). The number of nitrogens with one attached hydrogen (secondary N) is 3. The summed E-state index contributed by atoms with van der Waals surface area (Å²) in [6.45, 7) is 4.76. The van der Waals surface area contributed by atoms with Gasteiger partial charge in [-0.3, -0.25) is 4.79 Å². The van der Waals surface area contributed by atoms with E-state index < -0.39 is 0 Å². The van der Waals surface area contributed by atoms with E-state index in [0.717, 1.165) is 11.4 Å². The van der Waals surface area contributed by atoms with Crippen LogP contribution in [0.25, 0.3) is 0 Å². The molecule has 35 heavy (non-hydrogen) atoms. The lowest BCUT2D eigenvalue weighted by Crippen LogP contribution is -2.29. The molecular weight excluding hydrogens is 445 g/mol. The zero-order valence-corrected chi connectivity index (χ0v) is 19.5. The summed E-state index contributed by atoms with van der Waals surface area (Å²) in [7, 11) is 0. The third-order valence-electron chi connectivity index (χ3n) is 5.02. The molecule has 0 unspecified atom stereocenters. The van der Waals surface area contributed by atoms with Crippen LogP contribution in [0.4, 0.5) is 21.8 Å². The lowest BCUT2D eigenvalue weighted by atomic mass is 10.2. The number of carbonyl (C=O) groups excluding carboxylic acids is 1. The minimum absolute atomic E-state index is 0.233. The fourth-order valence-electron chi connectivity index (χ4n) is 3.29. The zero-order valence-electron chi connectivity index (χ0n) is 19.5. The molecule has 1 aromatic heterocycles. The van der Waals surface area contributed by atoms with E-state index in [9.17, 15) is 9.18 Å². The fourth-order valence-corrected chi connectivity index (χ4v) is 3.29. The van der Waals surface area contributed by atoms with E-state index in [1.807, 2.05) is 44.2 Å². The van der Waals surface area contributed by atoms with Crippen LogP contribution in [-0.2, 0) is 0 Å². The summed E-state index contributed by atoms with van der Waals surface area (Å²) in [5, 5.41) is 9.28. The first kappa shape index (κ1) is 23.7. The zero-order chi connectivity index (χ0) is 24.6. The second kappa shape index (κ2) is 11.1. The fraction of sp³-hybridized carbons (Fsp3) is 0.148. The van der Waals surface area contributed by atoms with Crippen LogP contribution >= 0.6 is 0 Å². The monoisotopic (exact) mass is 471 g/mol. The van der Waals surface area contributed by atoms with E-state index in [4.69, 9.17) is 4.74 Å². The second-order valence-corrected chi connectivity index (χ2v) is 7.98. The van der Waals surface area contributed by atoms with Crippen LogP contribution in [0.15, 0.2) is 78.9 Å². The van der Waals surface area contributed by atoms with Crippen LogP contribution in [0.2, 0.25) is 0 Å². The average molecular weight is 472 g/mol.